The van der Waals surface area contributed by atoms with Gasteiger partial charge in [-0.3, -0.25) is 0 Å². The molecule has 3 heteroatoms. The van der Waals surface area contributed by atoms with Crippen LogP contribution in [0.15, 0.2) is 0 Å². The SMILES string of the molecule is CNC1CCN(CC2CCOCC2)C1. The van der Waals surface area contributed by atoms with Gasteiger partial charge in [-0.25, -0.2) is 0 Å². The Kier molecular flexibility index (Phi) is 3.79. The van der Waals surface area contributed by atoms with Crippen molar-refractivity contribution in [3.05, 3.63) is 0 Å². The summed E-state index contributed by atoms with van der Waals surface area (Å²) in [6.45, 7) is 5.78. The van der Waals surface area contributed by atoms with E-state index in [4.69, 9.17) is 4.74 Å². The van der Waals surface area contributed by atoms with Gasteiger partial charge >= 0.3 is 0 Å². The molecule has 0 radical (unpaired) electrons. The van der Waals surface area contributed by atoms with Crippen molar-refractivity contribution in [3.63, 3.8) is 0 Å². The number of nitrogens with zero attached hydrogens (tertiary/aromatic N) is 1. The molecule has 2 aliphatic rings. The topological polar surface area (TPSA) is 24.5 Å². The van der Waals surface area contributed by atoms with E-state index in [2.05, 4.69) is 17.3 Å². The highest BCUT2D eigenvalue weighted by Gasteiger charge is 2.24. The maximum atomic E-state index is 5.38. The molecule has 0 aromatic carbocycles. The minimum atomic E-state index is 0.731. The standard InChI is InChI=1S/C11H22N2O/c1-12-11-2-5-13(9-11)8-10-3-6-14-7-4-10/h10-12H,2-9H2,1H3. The molecule has 82 valence electrons. The van der Waals surface area contributed by atoms with Crippen molar-refractivity contribution in [2.45, 2.75) is 25.3 Å². The third kappa shape index (κ3) is 2.69. The lowest BCUT2D eigenvalue weighted by Crippen LogP contribution is -2.34. The average Bonchev–Trinajstić information content (AvgIpc) is 2.67. The fourth-order valence-electron chi connectivity index (χ4n) is 2.53. The fourth-order valence-corrected chi connectivity index (χ4v) is 2.53. The predicted molar refractivity (Wildman–Crippen MR) is 57.4 cm³/mol. The summed E-state index contributed by atoms with van der Waals surface area (Å²) >= 11 is 0. The molecular weight excluding hydrogens is 176 g/mol. The third-order valence-electron chi connectivity index (χ3n) is 3.54. The highest BCUT2D eigenvalue weighted by atomic mass is 16.5. The Balaban J connectivity index is 1.69. The predicted octanol–water partition coefficient (Wildman–Crippen LogP) is 0.707. The summed E-state index contributed by atoms with van der Waals surface area (Å²) in [5.74, 6) is 0.888. The minimum Gasteiger partial charge on any atom is -0.381 e. The molecule has 2 heterocycles. The van der Waals surface area contributed by atoms with Crippen LogP contribution >= 0.6 is 0 Å². The molecule has 14 heavy (non-hydrogen) atoms. The lowest BCUT2D eigenvalue weighted by molar-refractivity contribution is 0.0553. The average molecular weight is 198 g/mol. The zero-order valence-electron chi connectivity index (χ0n) is 9.17. The molecule has 0 amide bonds. The van der Waals surface area contributed by atoms with Gasteiger partial charge in [-0.1, -0.05) is 0 Å². The van der Waals surface area contributed by atoms with Crippen LogP contribution in [0.1, 0.15) is 19.3 Å². The van der Waals surface area contributed by atoms with Gasteiger partial charge < -0.3 is 15.0 Å². The van der Waals surface area contributed by atoms with Crippen LogP contribution in [0.2, 0.25) is 0 Å². The molecule has 2 aliphatic heterocycles. The second-order valence-corrected chi connectivity index (χ2v) is 4.59. The van der Waals surface area contributed by atoms with Crippen molar-refractivity contribution in [2.75, 3.05) is 39.9 Å². The maximum Gasteiger partial charge on any atom is 0.0469 e. The third-order valence-corrected chi connectivity index (χ3v) is 3.54. The van der Waals surface area contributed by atoms with E-state index in [1.54, 1.807) is 0 Å². The van der Waals surface area contributed by atoms with Crippen molar-refractivity contribution in [2.24, 2.45) is 5.92 Å². The molecule has 0 aliphatic carbocycles. The molecule has 0 bridgehead atoms. The van der Waals surface area contributed by atoms with Crippen molar-refractivity contribution < 1.29 is 4.74 Å². The normalized spacial score (nSPS) is 31.1. The van der Waals surface area contributed by atoms with Crippen LogP contribution in [0, 0.1) is 5.92 Å². The molecule has 1 atom stereocenters. The van der Waals surface area contributed by atoms with E-state index in [1.165, 1.54) is 38.9 Å². The van der Waals surface area contributed by atoms with Gasteiger partial charge in [-0.2, -0.15) is 0 Å². The molecule has 2 rings (SSSR count). The molecule has 0 saturated carbocycles. The van der Waals surface area contributed by atoms with Gasteiger partial charge in [0.05, 0.1) is 0 Å². The summed E-state index contributed by atoms with van der Waals surface area (Å²) in [6.07, 6.45) is 3.85. The largest absolute Gasteiger partial charge is 0.381 e. The van der Waals surface area contributed by atoms with Gasteiger partial charge in [0.15, 0.2) is 0 Å². The lowest BCUT2D eigenvalue weighted by atomic mass is 10.00. The van der Waals surface area contributed by atoms with E-state index < -0.39 is 0 Å². The Morgan fingerprint density at radius 1 is 1.29 bits per heavy atom. The first-order valence-electron chi connectivity index (χ1n) is 5.86. The Hall–Kier alpha value is -0.120. The van der Waals surface area contributed by atoms with Crippen LogP contribution in [-0.2, 0) is 4.74 Å². The lowest BCUT2D eigenvalue weighted by Gasteiger charge is -2.26. The second-order valence-electron chi connectivity index (χ2n) is 4.59. The molecule has 1 N–H and O–H groups in total. The first-order chi connectivity index (χ1) is 6.88. The first-order valence-corrected chi connectivity index (χ1v) is 5.86. The number of nitrogens with one attached hydrogen (secondary N) is 1. The summed E-state index contributed by atoms with van der Waals surface area (Å²) in [5.41, 5.74) is 0. The Morgan fingerprint density at radius 2 is 2.07 bits per heavy atom. The van der Waals surface area contributed by atoms with E-state index in [1.807, 2.05) is 0 Å². The van der Waals surface area contributed by atoms with Crippen LogP contribution in [0.4, 0.5) is 0 Å². The number of likely N-dealkylation sites (N-methyl/N-ethyl adjacent to an activating group) is 1. The number of hydrogen-bond donors (Lipinski definition) is 1. The maximum absolute atomic E-state index is 5.38. The van der Waals surface area contributed by atoms with Crippen LogP contribution in [0.25, 0.3) is 0 Å². The van der Waals surface area contributed by atoms with E-state index >= 15 is 0 Å². The highest BCUT2D eigenvalue weighted by Crippen LogP contribution is 2.18. The van der Waals surface area contributed by atoms with E-state index in [0.717, 1.165) is 25.2 Å². The molecule has 3 nitrogen and oxygen atoms in total. The smallest absolute Gasteiger partial charge is 0.0469 e. The zero-order chi connectivity index (χ0) is 9.80. The number of hydrogen-bond acceptors (Lipinski definition) is 3. The van der Waals surface area contributed by atoms with Gasteiger partial charge in [0.2, 0.25) is 0 Å². The highest BCUT2D eigenvalue weighted by molar-refractivity contribution is 4.81. The molecule has 2 fully saturated rings. The fraction of sp³-hybridized carbons (Fsp3) is 1.00. The number of rotatable bonds is 3. The monoisotopic (exact) mass is 198 g/mol. The van der Waals surface area contributed by atoms with Crippen molar-refractivity contribution in [1.29, 1.82) is 0 Å². The number of ether oxygens (including phenoxy) is 1. The molecule has 0 aromatic rings. The van der Waals surface area contributed by atoms with E-state index in [-0.39, 0.29) is 0 Å². The van der Waals surface area contributed by atoms with Crippen LogP contribution in [0.3, 0.4) is 0 Å². The summed E-state index contributed by atoms with van der Waals surface area (Å²) in [5, 5.41) is 3.36. The Morgan fingerprint density at radius 3 is 2.71 bits per heavy atom. The minimum absolute atomic E-state index is 0.731. The molecule has 1 unspecified atom stereocenters. The summed E-state index contributed by atoms with van der Waals surface area (Å²) in [7, 11) is 2.07. The first kappa shape index (κ1) is 10.4. The van der Waals surface area contributed by atoms with Crippen molar-refractivity contribution in [1.82, 2.24) is 10.2 Å². The Labute approximate surface area is 86.8 Å². The molecule has 0 aromatic heterocycles. The number of likely N-dealkylation sites (tertiary alicyclic amines) is 1. The Bertz CT molecular complexity index is 169. The zero-order valence-corrected chi connectivity index (χ0v) is 9.17. The van der Waals surface area contributed by atoms with Gasteiger partial charge in [-0.05, 0) is 38.8 Å². The van der Waals surface area contributed by atoms with Gasteiger partial charge in [-0.15, -0.1) is 0 Å². The quantitative estimate of drug-likeness (QED) is 0.723. The van der Waals surface area contributed by atoms with E-state index in [0.29, 0.717) is 0 Å². The van der Waals surface area contributed by atoms with Gasteiger partial charge in [0.25, 0.3) is 0 Å². The van der Waals surface area contributed by atoms with Crippen LogP contribution in [-0.4, -0.2) is 50.8 Å². The second kappa shape index (κ2) is 5.10. The molecule has 0 spiro atoms. The molecular formula is C11H22N2O. The van der Waals surface area contributed by atoms with Gasteiger partial charge in [0, 0.05) is 32.3 Å². The van der Waals surface area contributed by atoms with Gasteiger partial charge in [0.1, 0.15) is 0 Å². The van der Waals surface area contributed by atoms with Crippen LogP contribution in [0.5, 0.6) is 0 Å². The van der Waals surface area contributed by atoms with Crippen molar-refractivity contribution in [3.8, 4) is 0 Å². The van der Waals surface area contributed by atoms with Crippen LogP contribution < -0.4 is 5.32 Å². The summed E-state index contributed by atoms with van der Waals surface area (Å²) < 4.78 is 5.38. The molecule has 2 saturated heterocycles. The summed E-state index contributed by atoms with van der Waals surface area (Å²) in [6, 6.07) is 0.731. The van der Waals surface area contributed by atoms with Crippen molar-refractivity contribution >= 4 is 0 Å². The van der Waals surface area contributed by atoms with E-state index in [9.17, 15) is 0 Å². The summed E-state index contributed by atoms with van der Waals surface area (Å²) in [4.78, 5) is 2.61.